The molecule has 0 spiro atoms. The van der Waals surface area contributed by atoms with Crippen molar-refractivity contribution in [3.05, 3.63) is 35.9 Å². The van der Waals surface area contributed by atoms with Crippen LogP contribution in [0, 0.1) is 0 Å². The molecule has 29 heavy (non-hydrogen) atoms. The number of hydrogen-bond acceptors (Lipinski definition) is 5. The Kier molecular flexibility index (Phi) is 7.72. The molecule has 9 heteroatoms. The van der Waals surface area contributed by atoms with E-state index in [2.05, 4.69) is 10.6 Å². The molecular formula is C20H28N4O5. The summed E-state index contributed by atoms with van der Waals surface area (Å²) in [6, 6.07) is 7.77. The first-order chi connectivity index (χ1) is 13.7. The molecule has 3 N–H and O–H groups in total. The summed E-state index contributed by atoms with van der Waals surface area (Å²) in [6.45, 7) is 3.02. The summed E-state index contributed by atoms with van der Waals surface area (Å²) in [5.41, 5.74) is 0.970. The Hall–Kier alpha value is -2.94. The summed E-state index contributed by atoms with van der Waals surface area (Å²) in [7, 11) is 1.64. The summed E-state index contributed by atoms with van der Waals surface area (Å²) in [5.74, 6) is -1.60. The van der Waals surface area contributed by atoms with Crippen molar-refractivity contribution in [2.45, 2.75) is 45.0 Å². The zero-order valence-electron chi connectivity index (χ0n) is 16.9. The van der Waals surface area contributed by atoms with Gasteiger partial charge in [0, 0.05) is 33.5 Å². The lowest BCUT2D eigenvalue weighted by Gasteiger charge is -2.27. The van der Waals surface area contributed by atoms with Crippen LogP contribution in [0.3, 0.4) is 0 Å². The standard InChI is InChI=1S/C20H28N4O5/c1-13(22-14(2)25)20(29)24-12-16(26)9-17(24)19(28)21-10-18(27)23(3)11-15-7-5-4-6-8-15/h4-8,13,16-17,26H,9-12H2,1-3H3,(H,21,28)(H,22,25)/t13-,16+,17-/m0/s1. The Labute approximate surface area is 170 Å². The Morgan fingerprint density at radius 1 is 1.24 bits per heavy atom. The molecule has 0 aliphatic carbocycles. The second-order valence-corrected chi connectivity index (χ2v) is 7.27. The first-order valence-electron chi connectivity index (χ1n) is 9.50. The van der Waals surface area contributed by atoms with E-state index >= 15 is 0 Å². The van der Waals surface area contributed by atoms with Crippen LogP contribution in [0.1, 0.15) is 25.8 Å². The van der Waals surface area contributed by atoms with Gasteiger partial charge in [0.2, 0.25) is 23.6 Å². The average Bonchev–Trinajstić information content (AvgIpc) is 3.07. The van der Waals surface area contributed by atoms with Gasteiger partial charge >= 0.3 is 0 Å². The molecule has 1 heterocycles. The molecule has 0 saturated carbocycles. The van der Waals surface area contributed by atoms with Crippen LogP contribution in [0.15, 0.2) is 30.3 Å². The monoisotopic (exact) mass is 404 g/mol. The fourth-order valence-electron chi connectivity index (χ4n) is 3.28. The van der Waals surface area contributed by atoms with E-state index in [9.17, 15) is 24.3 Å². The second-order valence-electron chi connectivity index (χ2n) is 7.27. The van der Waals surface area contributed by atoms with Gasteiger partial charge in [0.15, 0.2) is 0 Å². The smallest absolute Gasteiger partial charge is 0.245 e. The third-order valence-corrected chi connectivity index (χ3v) is 4.76. The maximum Gasteiger partial charge on any atom is 0.245 e. The van der Waals surface area contributed by atoms with Gasteiger partial charge in [-0.15, -0.1) is 0 Å². The zero-order valence-corrected chi connectivity index (χ0v) is 16.9. The number of likely N-dealkylation sites (N-methyl/N-ethyl adjacent to an activating group) is 1. The fraction of sp³-hybridized carbons (Fsp3) is 0.500. The Bertz CT molecular complexity index is 754. The quantitative estimate of drug-likeness (QED) is 0.552. The van der Waals surface area contributed by atoms with E-state index in [1.165, 1.54) is 23.6 Å². The molecule has 9 nitrogen and oxygen atoms in total. The van der Waals surface area contributed by atoms with Crippen molar-refractivity contribution < 1.29 is 24.3 Å². The minimum atomic E-state index is -0.888. The van der Waals surface area contributed by atoms with Gasteiger partial charge in [-0.1, -0.05) is 30.3 Å². The number of carbonyl (C=O) groups is 4. The molecule has 0 unspecified atom stereocenters. The summed E-state index contributed by atoms with van der Waals surface area (Å²) >= 11 is 0. The Morgan fingerprint density at radius 3 is 2.52 bits per heavy atom. The van der Waals surface area contributed by atoms with Crippen LogP contribution in [-0.4, -0.2) is 76.9 Å². The van der Waals surface area contributed by atoms with Crippen LogP contribution in [0.4, 0.5) is 0 Å². The van der Waals surface area contributed by atoms with E-state index < -0.39 is 30.0 Å². The maximum absolute atomic E-state index is 12.6. The number of hydrogen-bond donors (Lipinski definition) is 3. The highest BCUT2D eigenvalue weighted by molar-refractivity contribution is 5.93. The zero-order chi connectivity index (χ0) is 21.6. The fourth-order valence-corrected chi connectivity index (χ4v) is 3.28. The lowest BCUT2D eigenvalue weighted by atomic mass is 10.1. The number of β-amino-alcohol motifs (C(OH)–C–C–N with tert-alkyl or cyclic N) is 1. The van der Waals surface area contributed by atoms with E-state index in [-0.39, 0.29) is 31.3 Å². The van der Waals surface area contributed by atoms with Crippen LogP contribution < -0.4 is 10.6 Å². The molecule has 0 radical (unpaired) electrons. The lowest BCUT2D eigenvalue weighted by molar-refractivity contribution is -0.141. The van der Waals surface area contributed by atoms with E-state index in [1.807, 2.05) is 30.3 Å². The number of rotatable bonds is 7. The van der Waals surface area contributed by atoms with Crippen LogP contribution in [0.5, 0.6) is 0 Å². The Morgan fingerprint density at radius 2 is 1.90 bits per heavy atom. The molecule has 1 aliphatic rings. The predicted molar refractivity (Wildman–Crippen MR) is 105 cm³/mol. The molecule has 3 atom stereocenters. The highest BCUT2D eigenvalue weighted by atomic mass is 16.3. The van der Waals surface area contributed by atoms with Crippen molar-refractivity contribution in [3.63, 3.8) is 0 Å². The predicted octanol–water partition coefficient (Wildman–Crippen LogP) is -0.752. The van der Waals surface area contributed by atoms with Crippen molar-refractivity contribution in [1.29, 1.82) is 0 Å². The number of nitrogens with one attached hydrogen (secondary N) is 2. The number of aliphatic hydroxyl groups is 1. The minimum absolute atomic E-state index is 0.00268. The van der Waals surface area contributed by atoms with Crippen molar-refractivity contribution in [1.82, 2.24) is 20.4 Å². The number of benzene rings is 1. The van der Waals surface area contributed by atoms with Crippen molar-refractivity contribution in [3.8, 4) is 0 Å². The molecule has 4 amide bonds. The third kappa shape index (κ3) is 6.28. The number of aliphatic hydroxyl groups excluding tert-OH is 1. The molecule has 1 aliphatic heterocycles. The van der Waals surface area contributed by atoms with E-state index in [0.29, 0.717) is 6.54 Å². The largest absolute Gasteiger partial charge is 0.391 e. The number of likely N-dealkylation sites (tertiary alicyclic amines) is 1. The van der Waals surface area contributed by atoms with Gasteiger partial charge in [-0.25, -0.2) is 0 Å². The first kappa shape index (κ1) is 22.4. The maximum atomic E-state index is 12.6. The van der Waals surface area contributed by atoms with Gasteiger partial charge in [-0.05, 0) is 12.5 Å². The normalized spacial score (nSPS) is 19.4. The van der Waals surface area contributed by atoms with E-state index in [4.69, 9.17) is 0 Å². The number of amides is 4. The Balaban J connectivity index is 1.91. The summed E-state index contributed by atoms with van der Waals surface area (Å²) in [5, 5.41) is 15.0. The molecule has 1 aromatic rings. The molecule has 158 valence electrons. The van der Waals surface area contributed by atoms with E-state index in [1.54, 1.807) is 7.05 Å². The van der Waals surface area contributed by atoms with Gasteiger partial charge in [0.25, 0.3) is 0 Å². The molecule has 1 aromatic carbocycles. The van der Waals surface area contributed by atoms with Crippen LogP contribution in [0.2, 0.25) is 0 Å². The van der Waals surface area contributed by atoms with Crippen molar-refractivity contribution in [2.24, 2.45) is 0 Å². The van der Waals surface area contributed by atoms with Gasteiger partial charge < -0.3 is 25.5 Å². The average molecular weight is 404 g/mol. The highest BCUT2D eigenvalue weighted by Gasteiger charge is 2.40. The topological polar surface area (TPSA) is 119 Å². The van der Waals surface area contributed by atoms with Gasteiger partial charge in [-0.3, -0.25) is 19.2 Å². The SMILES string of the molecule is CC(=O)N[C@@H](C)C(=O)N1C[C@H](O)C[C@H]1C(=O)NCC(=O)N(C)Cc1ccccc1. The molecule has 0 bridgehead atoms. The molecule has 1 fully saturated rings. The van der Waals surface area contributed by atoms with Crippen LogP contribution in [0.25, 0.3) is 0 Å². The van der Waals surface area contributed by atoms with Crippen molar-refractivity contribution in [2.75, 3.05) is 20.1 Å². The van der Waals surface area contributed by atoms with Crippen molar-refractivity contribution >= 4 is 23.6 Å². The van der Waals surface area contributed by atoms with Crippen LogP contribution in [-0.2, 0) is 25.7 Å². The van der Waals surface area contributed by atoms with E-state index in [0.717, 1.165) is 5.56 Å². The minimum Gasteiger partial charge on any atom is -0.391 e. The summed E-state index contributed by atoms with van der Waals surface area (Å²) in [4.78, 5) is 51.3. The number of carbonyl (C=O) groups excluding carboxylic acids is 4. The number of nitrogens with zero attached hydrogens (tertiary/aromatic N) is 2. The lowest BCUT2D eigenvalue weighted by Crippen LogP contribution is -2.53. The summed E-state index contributed by atoms with van der Waals surface area (Å²) < 4.78 is 0. The third-order valence-electron chi connectivity index (χ3n) is 4.76. The van der Waals surface area contributed by atoms with Gasteiger partial charge in [0.05, 0.1) is 12.6 Å². The highest BCUT2D eigenvalue weighted by Crippen LogP contribution is 2.19. The summed E-state index contributed by atoms with van der Waals surface area (Å²) in [6.07, 6.45) is -0.756. The van der Waals surface area contributed by atoms with Gasteiger partial charge in [-0.2, -0.15) is 0 Å². The second kappa shape index (κ2) is 10.0. The van der Waals surface area contributed by atoms with Crippen LogP contribution >= 0.6 is 0 Å². The first-order valence-corrected chi connectivity index (χ1v) is 9.50. The molecule has 0 aromatic heterocycles. The molecule has 2 rings (SSSR count). The molecular weight excluding hydrogens is 376 g/mol. The van der Waals surface area contributed by atoms with Gasteiger partial charge in [0.1, 0.15) is 12.1 Å². The molecule has 1 saturated heterocycles.